The van der Waals surface area contributed by atoms with Crippen LogP contribution in [0.25, 0.3) is 16.7 Å². The van der Waals surface area contributed by atoms with E-state index in [0.717, 1.165) is 47.7 Å². The number of nitrogens with zero attached hydrogens (tertiary/aromatic N) is 6. The summed E-state index contributed by atoms with van der Waals surface area (Å²) in [6.45, 7) is 6.51. The van der Waals surface area contributed by atoms with Gasteiger partial charge in [0.1, 0.15) is 23.2 Å². The predicted molar refractivity (Wildman–Crippen MR) is 141 cm³/mol. The highest BCUT2D eigenvalue weighted by molar-refractivity contribution is 5.97. The molecule has 0 atom stereocenters. The third-order valence-electron chi connectivity index (χ3n) is 6.76. The van der Waals surface area contributed by atoms with Gasteiger partial charge < -0.3 is 14.5 Å². The van der Waals surface area contributed by atoms with E-state index in [2.05, 4.69) is 11.8 Å². The lowest BCUT2D eigenvalue weighted by Crippen LogP contribution is -2.49. The Morgan fingerprint density at radius 3 is 2.46 bits per heavy atom. The molecule has 0 unspecified atom stereocenters. The Balaban J connectivity index is 1.47. The van der Waals surface area contributed by atoms with Crippen molar-refractivity contribution >= 4 is 22.8 Å². The fourth-order valence-electron chi connectivity index (χ4n) is 4.76. The summed E-state index contributed by atoms with van der Waals surface area (Å²) in [5.74, 6) is 1.86. The topological polar surface area (TPSA) is 76.4 Å². The third-order valence-corrected chi connectivity index (χ3v) is 6.76. The number of aromatic nitrogens is 4. The molecular weight excluding hydrogens is 471 g/mol. The van der Waals surface area contributed by atoms with Crippen LogP contribution in [0.4, 0.5) is 10.2 Å². The molecule has 9 heteroatoms. The lowest BCUT2D eigenvalue weighted by atomic mass is 10.1. The average Bonchev–Trinajstić information content (AvgIpc) is 3.27. The minimum atomic E-state index is -0.295. The molecule has 1 saturated heterocycles. The van der Waals surface area contributed by atoms with Crippen LogP contribution in [0.15, 0.2) is 48.5 Å². The van der Waals surface area contributed by atoms with Crippen molar-refractivity contribution in [2.75, 3.05) is 38.2 Å². The first-order valence-corrected chi connectivity index (χ1v) is 12.7. The molecule has 192 valence electrons. The molecule has 0 radical (unpaired) electrons. The first kappa shape index (κ1) is 24.7. The van der Waals surface area contributed by atoms with Gasteiger partial charge in [-0.25, -0.2) is 19.0 Å². The van der Waals surface area contributed by atoms with Crippen LogP contribution >= 0.6 is 0 Å². The number of aryl methyl sites for hydroxylation is 2. The number of anilines is 1. The third kappa shape index (κ3) is 4.85. The molecule has 1 fully saturated rings. The summed E-state index contributed by atoms with van der Waals surface area (Å²) < 4.78 is 20.7. The lowest BCUT2D eigenvalue weighted by Gasteiger charge is -2.36. The number of methoxy groups -OCH3 is 1. The second kappa shape index (κ2) is 10.5. The zero-order valence-electron chi connectivity index (χ0n) is 21.4. The van der Waals surface area contributed by atoms with E-state index in [-0.39, 0.29) is 11.7 Å². The van der Waals surface area contributed by atoms with Crippen LogP contribution in [-0.4, -0.2) is 63.8 Å². The largest absolute Gasteiger partial charge is 0.496 e. The average molecular weight is 503 g/mol. The highest BCUT2D eigenvalue weighted by Crippen LogP contribution is 2.30. The zero-order valence-corrected chi connectivity index (χ0v) is 21.4. The fraction of sp³-hybridized carbons (Fsp3) is 0.357. The van der Waals surface area contributed by atoms with Gasteiger partial charge in [-0.1, -0.05) is 25.5 Å². The van der Waals surface area contributed by atoms with E-state index in [1.165, 1.54) is 12.1 Å². The molecule has 8 nitrogen and oxygen atoms in total. The number of benzene rings is 2. The number of carbonyl (C=O) groups is 1. The van der Waals surface area contributed by atoms with Crippen LogP contribution in [0.5, 0.6) is 5.75 Å². The van der Waals surface area contributed by atoms with Crippen LogP contribution in [0.2, 0.25) is 0 Å². The Kier molecular flexibility index (Phi) is 7.03. The number of rotatable bonds is 7. The molecule has 1 aliphatic rings. The van der Waals surface area contributed by atoms with Crippen LogP contribution in [0, 0.1) is 12.7 Å². The highest BCUT2D eigenvalue weighted by Gasteiger charge is 2.28. The van der Waals surface area contributed by atoms with Gasteiger partial charge in [-0.05, 0) is 49.7 Å². The van der Waals surface area contributed by atoms with Gasteiger partial charge in [0.2, 0.25) is 0 Å². The Bertz CT molecular complexity index is 1410. The van der Waals surface area contributed by atoms with Gasteiger partial charge in [0.05, 0.1) is 29.4 Å². The van der Waals surface area contributed by atoms with Gasteiger partial charge in [0.25, 0.3) is 5.91 Å². The summed E-state index contributed by atoms with van der Waals surface area (Å²) >= 11 is 0. The molecule has 37 heavy (non-hydrogen) atoms. The summed E-state index contributed by atoms with van der Waals surface area (Å²) in [4.78, 5) is 27.1. The molecule has 3 heterocycles. The van der Waals surface area contributed by atoms with Crippen molar-refractivity contribution in [2.24, 2.45) is 0 Å². The SMILES string of the molecule is CCCCc1nc(N2CCN(C(=O)c3ccccc3OC)CC2)c2c(C)nn(-c3ccc(F)cc3)c2n1. The van der Waals surface area contributed by atoms with Crippen molar-refractivity contribution in [2.45, 2.75) is 33.1 Å². The molecule has 0 bridgehead atoms. The van der Waals surface area contributed by atoms with E-state index in [9.17, 15) is 9.18 Å². The summed E-state index contributed by atoms with van der Waals surface area (Å²) in [6.07, 6.45) is 2.78. The van der Waals surface area contributed by atoms with Crippen LogP contribution in [-0.2, 0) is 6.42 Å². The van der Waals surface area contributed by atoms with Gasteiger partial charge in [0.15, 0.2) is 5.65 Å². The van der Waals surface area contributed by atoms with E-state index in [1.807, 2.05) is 24.0 Å². The molecule has 0 spiro atoms. The van der Waals surface area contributed by atoms with Crippen molar-refractivity contribution in [3.05, 3.63) is 71.4 Å². The number of ether oxygens (including phenoxy) is 1. The van der Waals surface area contributed by atoms with Gasteiger partial charge in [-0.3, -0.25) is 4.79 Å². The van der Waals surface area contributed by atoms with E-state index in [1.54, 1.807) is 36.1 Å². The van der Waals surface area contributed by atoms with Gasteiger partial charge in [-0.2, -0.15) is 5.10 Å². The summed E-state index contributed by atoms with van der Waals surface area (Å²) in [5, 5.41) is 5.64. The zero-order chi connectivity index (χ0) is 25.9. The van der Waals surface area contributed by atoms with Gasteiger partial charge in [-0.15, -0.1) is 0 Å². The smallest absolute Gasteiger partial charge is 0.257 e. The Labute approximate surface area is 215 Å². The van der Waals surface area contributed by atoms with Crippen molar-refractivity contribution in [3.63, 3.8) is 0 Å². The van der Waals surface area contributed by atoms with E-state index in [0.29, 0.717) is 43.1 Å². The van der Waals surface area contributed by atoms with E-state index in [4.69, 9.17) is 19.8 Å². The Morgan fingerprint density at radius 2 is 1.76 bits per heavy atom. The van der Waals surface area contributed by atoms with Gasteiger partial charge in [0, 0.05) is 32.6 Å². The molecule has 1 aliphatic heterocycles. The molecular formula is C28H31FN6O2. The van der Waals surface area contributed by atoms with Crippen LogP contribution in [0.3, 0.4) is 0 Å². The number of unbranched alkanes of at least 4 members (excludes halogenated alkanes) is 1. The maximum atomic E-state index is 13.6. The summed E-state index contributed by atoms with van der Waals surface area (Å²) in [6, 6.07) is 13.6. The Hall–Kier alpha value is -4.01. The first-order chi connectivity index (χ1) is 18.0. The van der Waals surface area contributed by atoms with E-state index >= 15 is 0 Å². The summed E-state index contributed by atoms with van der Waals surface area (Å²) in [7, 11) is 1.58. The van der Waals surface area contributed by atoms with Crippen molar-refractivity contribution < 1.29 is 13.9 Å². The molecule has 2 aromatic heterocycles. The molecule has 1 amide bonds. The molecule has 4 aromatic rings. The number of hydrogen-bond acceptors (Lipinski definition) is 6. The number of piperazine rings is 1. The van der Waals surface area contributed by atoms with Crippen molar-refractivity contribution in [3.8, 4) is 11.4 Å². The number of para-hydroxylation sites is 1. The van der Waals surface area contributed by atoms with Crippen LogP contribution < -0.4 is 9.64 Å². The lowest BCUT2D eigenvalue weighted by molar-refractivity contribution is 0.0743. The second-order valence-corrected chi connectivity index (χ2v) is 9.22. The van der Waals surface area contributed by atoms with Crippen molar-refractivity contribution in [1.82, 2.24) is 24.6 Å². The normalized spacial score (nSPS) is 13.8. The minimum absolute atomic E-state index is 0.0334. The quantitative estimate of drug-likeness (QED) is 0.368. The predicted octanol–water partition coefficient (Wildman–Crippen LogP) is 4.58. The maximum Gasteiger partial charge on any atom is 0.257 e. The Morgan fingerprint density at radius 1 is 1.03 bits per heavy atom. The maximum absolute atomic E-state index is 13.6. The number of amides is 1. The van der Waals surface area contributed by atoms with E-state index < -0.39 is 0 Å². The molecule has 0 N–H and O–H groups in total. The molecule has 5 rings (SSSR count). The number of fused-ring (bicyclic) bond motifs is 1. The van der Waals surface area contributed by atoms with Crippen LogP contribution in [0.1, 0.15) is 41.6 Å². The minimum Gasteiger partial charge on any atom is -0.496 e. The van der Waals surface area contributed by atoms with Gasteiger partial charge >= 0.3 is 0 Å². The highest BCUT2D eigenvalue weighted by atomic mass is 19.1. The fourth-order valence-corrected chi connectivity index (χ4v) is 4.76. The molecule has 0 aliphatic carbocycles. The number of carbonyl (C=O) groups excluding carboxylic acids is 1. The monoisotopic (exact) mass is 502 g/mol. The second-order valence-electron chi connectivity index (χ2n) is 9.22. The number of hydrogen-bond donors (Lipinski definition) is 0. The standard InChI is InChI=1S/C28H31FN6O2/c1-4-5-10-24-30-26(25-19(2)32-35(27(25)31-24)21-13-11-20(29)12-14-21)33-15-17-34(18-16-33)28(36)22-8-6-7-9-23(22)37-3/h6-9,11-14H,4-5,10,15-18H2,1-3H3. The number of halogens is 1. The first-order valence-electron chi connectivity index (χ1n) is 12.7. The molecule has 2 aromatic carbocycles. The summed E-state index contributed by atoms with van der Waals surface area (Å²) in [5.41, 5.74) is 2.84. The van der Waals surface area contributed by atoms with Crippen molar-refractivity contribution in [1.29, 1.82) is 0 Å². The molecule has 0 saturated carbocycles.